The number of pyridine rings is 3. The molecule has 1 fully saturated rings. The smallest absolute Gasteiger partial charge is 0.308 e. The van der Waals surface area contributed by atoms with Crippen molar-refractivity contribution in [2.75, 3.05) is 96.2 Å². The Hall–Kier alpha value is -6.94. The zero-order valence-electron chi connectivity index (χ0n) is 78.0. The number of nitrogens with one attached hydrogen (secondary N) is 1. The summed E-state index contributed by atoms with van der Waals surface area (Å²) < 4.78 is 8.94. The van der Waals surface area contributed by atoms with Gasteiger partial charge in [-0.2, -0.15) is 0 Å². The number of para-hydroxylation sites is 3. The number of nitrogens with zero attached hydrogens (tertiary/aromatic N) is 8. The Kier molecular flexibility index (Phi) is 175. The van der Waals surface area contributed by atoms with E-state index in [4.69, 9.17) is 29.4 Å². The lowest BCUT2D eigenvalue weighted by molar-refractivity contribution is -0.697. The molecule has 1 saturated heterocycles. The Morgan fingerprint density at radius 3 is 0.786 bits per heavy atom. The average molecular weight is 1700 g/mol. The van der Waals surface area contributed by atoms with Crippen molar-refractivity contribution in [3.63, 3.8) is 0 Å². The highest BCUT2D eigenvalue weighted by atomic mass is 32.2. The Balaban J connectivity index is -0.0000000526. The topological polar surface area (TPSA) is 127 Å². The highest BCUT2D eigenvalue weighted by Gasteiger charge is 2.25. The summed E-state index contributed by atoms with van der Waals surface area (Å²) in [7, 11) is 8.43. The van der Waals surface area contributed by atoms with E-state index < -0.39 is 0 Å². The fraction of sp³-hybridized carbons (Fsp3) is 0.588. The molecule has 0 radical (unpaired) electrons. The van der Waals surface area contributed by atoms with E-state index in [-0.39, 0.29) is 59.4 Å². The minimum atomic E-state index is 0. The second-order valence-corrected chi connectivity index (χ2v) is 26.3. The lowest BCUT2D eigenvalue weighted by Gasteiger charge is -2.11. The fourth-order valence-corrected chi connectivity index (χ4v) is 8.37. The van der Waals surface area contributed by atoms with Crippen molar-refractivity contribution in [3.05, 3.63) is 216 Å². The maximum absolute atomic E-state index is 5.36. The number of allylic oxidation sites excluding steroid dienone is 6. The first-order valence-corrected chi connectivity index (χ1v) is 43.5. The molecule has 0 unspecified atom stereocenters. The van der Waals surface area contributed by atoms with Crippen LogP contribution in [0.25, 0.3) is 0 Å². The van der Waals surface area contributed by atoms with Gasteiger partial charge in [0.1, 0.15) is 19.6 Å². The van der Waals surface area contributed by atoms with Crippen molar-refractivity contribution >= 4 is 68.3 Å². The maximum atomic E-state index is 5.36. The molecule has 0 bridgehead atoms. The third-order valence-electron chi connectivity index (χ3n) is 12.9. The molecule has 3 aliphatic rings. The molecule has 6 aromatic rings. The number of anilines is 3. The van der Waals surface area contributed by atoms with Crippen LogP contribution in [0.3, 0.4) is 0 Å². The summed E-state index contributed by atoms with van der Waals surface area (Å²) in [6.45, 7) is 78.0. The van der Waals surface area contributed by atoms with Gasteiger partial charge in [-0.15, -0.1) is 0 Å². The van der Waals surface area contributed by atoms with Crippen LogP contribution in [0.4, 0.5) is 17.1 Å². The molecule has 15 heteroatoms. The van der Waals surface area contributed by atoms with E-state index in [1.807, 2.05) is 236 Å². The van der Waals surface area contributed by atoms with Gasteiger partial charge in [0.25, 0.3) is 0 Å². The predicted molar refractivity (Wildman–Crippen MR) is 565 cm³/mol. The number of thiocarbonyl (C=S) groups is 1. The summed E-state index contributed by atoms with van der Waals surface area (Å²) in [4.78, 5) is 11.0. The number of amidine groups is 2. The van der Waals surface area contributed by atoms with Crippen LogP contribution >= 0.6 is 35.7 Å². The van der Waals surface area contributed by atoms with Crippen molar-refractivity contribution < 1.29 is 18.3 Å². The number of benzene rings is 3. The van der Waals surface area contributed by atoms with Crippen LogP contribution in [-0.4, -0.2) is 114 Å². The fourth-order valence-electron chi connectivity index (χ4n) is 6.09. The van der Waals surface area contributed by atoms with Crippen molar-refractivity contribution in [3.8, 4) is 0 Å². The quantitative estimate of drug-likeness (QED) is 0.0506. The molecule has 3 aromatic carbocycles. The molecule has 117 heavy (non-hydrogen) atoms. The number of aliphatic imine (C=N–C) groups is 1. The van der Waals surface area contributed by atoms with Crippen LogP contribution in [0.2, 0.25) is 0 Å². The van der Waals surface area contributed by atoms with E-state index in [0.29, 0.717) is 0 Å². The minimum Gasteiger partial charge on any atom is -0.399 e. The molecule has 3 aliphatic heterocycles. The van der Waals surface area contributed by atoms with Crippen molar-refractivity contribution in [1.29, 1.82) is 0 Å². The molecule has 9 rings (SSSR count). The van der Waals surface area contributed by atoms with Gasteiger partial charge in [-0.05, 0) is 143 Å². The highest BCUT2D eigenvalue weighted by molar-refractivity contribution is 8.13. The first-order chi connectivity index (χ1) is 52.2. The predicted octanol–water partition coefficient (Wildman–Crippen LogP) is 30.3. The standard InChI is InChI=1S/C12H19N3S.C11H16N3S.C8H12N.3C6H7N.3C6H12.C4H8N2S.3C3H8.7C2H6.8CH4/c1-13-8-9-14(2)12(13)16-11-10-15-6-4-3-5-7-15;1-13-8-5-12-11(13)15-10-9-14-6-3-2-4-7-14;1-2-6-9-7-4-3-5-8-9;3*7-6-4-2-1-3-5-6;3*1-5(2)6(3)4;1-6-3-2-5-4(6)7;3*1-3-2;7*1-2;;;;;;;;/h3-7H,8-11H2,1-2H3;2-4,6-7H,5,8-10H2,1H3;3-5,7-8H,2,6H2,1H3;3*1-5H,7H2;3*1-4H3;2-3H2,1H3,(H,5,7);3*3H2,1-2H3;7*1-2H3;8*1H4/q+2;2*+1;;;;;;;;;;;;;;;;;;;;;;;;;. The van der Waals surface area contributed by atoms with Crippen LogP contribution in [-0.2, 0) is 19.6 Å². The number of nitrogen functional groups attached to an aromatic ring is 3. The van der Waals surface area contributed by atoms with Gasteiger partial charge in [0.15, 0.2) is 60.6 Å². The van der Waals surface area contributed by atoms with Crippen molar-refractivity contribution in [2.45, 2.75) is 333 Å². The molecule has 0 atom stereocenters. The van der Waals surface area contributed by atoms with Gasteiger partial charge < -0.3 is 32.3 Å². The van der Waals surface area contributed by atoms with Gasteiger partial charge in [-0.3, -0.25) is 14.5 Å². The summed E-state index contributed by atoms with van der Waals surface area (Å²) in [5.41, 5.74) is 27.1. The number of rotatable bonds is 8. The number of hydrogen-bond acceptors (Lipinski definition) is 9. The molecule has 692 valence electrons. The monoisotopic (exact) mass is 1700 g/mol. The van der Waals surface area contributed by atoms with E-state index in [0.717, 1.165) is 92.6 Å². The van der Waals surface area contributed by atoms with Crippen LogP contribution in [0.1, 0.15) is 314 Å². The summed E-state index contributed by atoms with van der Waals surface area (Å²) >= 11 is 8.64. The number of aryl methyl sites for hydroxylation is 3. The third-order valence-corrected chi connectivity index (χ3v) is 15.7. The van der Waals surface area contributed by atoms with E-state index in [2.05, 4.69) is 271 Å². The molecule has 12 nitrogen and oxygen atoms in total. The lowest BCUT2D eigenvalue weighted by atomic mass is 10.2. The molecule has 0 aliphatic carbocycles. The SMILES string of the molecule is C.C.C.C.C.C.C.C.CC.CC.CC.CC.CC.CC.CC.CC(C)=C(C)C.CC(C)=C(C)C.CC(C)=C(C)C.CCC.CCC.CCC.CCC[n+]1ccccc1.CN1CCN=C1SCC[n+]1ccccc1.CN1CCNC1=S.CN1CC[N+](C)=C1SCC[n+]1ccccc1.Nc1ccccc1.Nc1ccccc1.Nc1ccccc1. The zero-order chi connectivity index (χ0) is 86.6. The molecular formula is C102H210N12S3+4. The van der Waals surface area contributed by atoms with Crippen LogP contribution in [0.5, 0.6) is 0 Å². The van der Waals surface area contributed by atoms with E-state index in [1.165, 1.54) is 69.5 Å². The van der Waals surface area contributed by atoms with Crippen LogP contribution in [0, 0.1) is 0 Å². The van der Waals surface area contributed by atoms with Crippen molar-refractivity contribution in [1.82, 2.24) is 20.0 Å². The second kappa shape index (κ2) is 130. The van der Waals surface area contributed by atoms with Crippen LogP contribution < -0.4 is 36.2 Å². The summed E-state index contributed by atoms with van der Waals surface area (Å²) in [6.07, 6.45) is 17.6. The number of hydrogen-bond donors (Lipinski definition) is 4. The molecule has 0 saturated carbocycles. The number of aromatic nitrogens is 3. The number of thioether (sulfide) groups is 2. The average Bonchev–Trinajstić information content (AvgIpc) is 1.74. The van der Waals surface area contributed by atoms with Gasteiger partial charge in [-0.1, -0.05) is 342 Å². The third kappa shape index (κ3) is 122. The Morgan fingerprint density at radius 2 is 0.615 bits per heavy atom. The molecule has 6 heterocycles. The van der Waals surface area contributed by atoms with Gasteiger partial charge in [-0.25, -0.2) is 13.7 Å². The molecular weight excluding hydrogens is 1490 g/mol. The Morgan fingerprint density at radius 1 is 0.368 bits per heavy atom. The first-order valence-electron chi connectivity index (χ1n) is 41.1. The van der Waals surface area contributed by atoms with E-state index in [1.54, 1.807) is 0 Å². The minimum absolute atomic E-state index is 0. The zero-order valence-corrected chi connectivity index (χ0v) is 80.4. The largest absolute Gasteiger partial charge is 0.399 e. The van der Waals surface area contributed by atoms with Gasteiger partial charge in [0.2, 0.25) is 0 Å². The first kappa shape index (κ1) is 158. The summed E-state index contributed by atoms with van der Waals surface area (Å²) in [5.74, 6) is 2.20. The maximum Gasteiger partial charge on any atom is 0.308 e. The summed E-state index contributed by atoms with van der Waals surface area (Å²) in [5, 5.41) is 6.49. The van der Waals surface area contributed by atoms with E-state index in [9.17, 15) is 0 Å². The lowest BCUT2D eigenvalue weighted by Crippen LogP contribution is -2.34. The van der Waals surface area contributed by atoms with Gasteiger partial charge in [0.05, 0.1) is 32.1 Å². The Labute approximate surface area is 752 Å². The number of nitrogens with two attached hydrogens (primary N) is 3. The molecule has 0 spiro atoms. The molecule has 3 aromatic heterocycles. The van der Waals surface area contributed by atoms with E-state index >= 15 is 0 Å². The normalized spacial score (nSPS) is 9.70. The van der Waals surface area contributed by atoms with Gasteiger partial charge >= 0.3 is 5.17 Å². The highest BCUT2D eigenvalue weighted by Crippen LogP contribution is 2.13. The van der Waals surface area contributed by atoms with Crippen LogP contribution in [0.15, 0.2) is 221 Å². The second-order valence-electron chi connectivity index (χ2n) is 23.8. The Bertz CT molecular complexity index is 2670. The van der Waals surface area contributed by atoms with Crippen molar-refractivity contribution in [2.24, 2.45) is 4.99 Å². The molecule has 0 amide bonds. The molecule has 7 N–H and O–H groups in total. The number of likely N-dealkylation sites (N-methyl/N-ethyl adjacent to an activating group) is 4. The van der Waals surface area contributed by atoms with Gasteiger partial charge in [0, 0.05) is 93.6 Å². The summed E-state index contributed by atoms with van der Waals surface area (Å²) in [6, 6.07) is 47.0.